The zero-order valence-electron chi connectivity index (χ0n) is 12.3. The van der Waals surface area contributed by atoms with E-state index in [1.807, 2.05) is 0 Å². The topological polar surface area (TPSA) is 66.6 Å². The molecule has 0 aromatic heterocycles. The summed E-state index contributed by atoms with van der Waals surface area (Å²) in [6.45, 7) is 7.95. The highest BCUT2D eigenvalue weighted by Gasteiger charge is 2.45. The van der Waals surface area contributed by atoms with Gasteiger partial charge in [-0.05, 0) is 63.1 Å². The van der Waals surface area contributed by atoms with E-state index in [-0.39, 0.29) is 5.92 Å². The lowest BCUT2D eigenvalue weighted by Gasteiger charge is -2.38. The summed E-state index contributed by atoms with van der Waals surface area (Å²) in [5.41, 5.74) is 5.60. The Kier molecular flexibility index (Phi) is 4.21. The Labute approximate surface area is 116 Å². The maximum atomic E-state index is 11.3. The second kappa shape index (κ2) is 5.41. The van der Waals surface area contributed by atoms with Crippen LogP contribution in [0.5, 0.6) is 0 Å². The predicted octanol–water partition coefficient (Wildman–Crippen LogP) is 2.08. The number of rotatable bonds is 4. The highest BCUT2D eigenvalue weighted by molar-refractivity contribution is 5.79. The number of likely N-dealkylation sites (tertiary alicyclic amines) is 1. The van der Waals surface area contributed by atoms with Gasteiger partial charge in [0.1, 0.15) is 5.54 Å². The van der Waals surface area contributed by atoms with Crippen LogP contribution in [0.25, 0.3) is 0 Å². The molecule has 0 aromatic rings. The molecule has 3 N–H and O–H groups in total. The van der Waals surface area contributed by atoms with Gasteiger partial charge < -0.3 is 15.7 Å². The molecule has 2 fully saturated rings. The van der Waals surface area contributed by atoms with Gasteiger partial charge in [0, 0.05) is 0 Å². The number of nitrogens with zero attached hydrogens (tertiary/aromatic N) is 1. The first-order valence-corrected chi connectivity index (χ1v) is 7.58. The fraction of sp³-hybridized carbons (Fsp3) is 0.933. The fourth-order valence-corrected chi connectivity index (χ4v) is 3.51. The van der Waals surface area contributed by atoms with Crippen molar-refractivity contribution in [2.24, 2.45) is 17.1 Å². The zero-order chi connectivity index (χ0) is 14.1. The van der Waals surface area contributed by atoms with Crippen LogP contribution < -0.4 is 5.73 Å². The summed E-state index contributed by atoms with van der Waals surface area (Å²) in [7, 11) is 0. The quantitative estimate of drug-likeness (QED) is 0.819. The lowest BCUT2D eigenvalue weighted by molar-refractivity contribution is -0.144. The van der Waals surface area contributed by atoms with E-state index in [9.17, 15) is 9.90 Å². The van der Waals surface area contributed by atoms with E-state index < -0.39 is 11.5 Å². The summed E-state index contributed by atoms with van der Waals surface area (Å²) < 4.78 is 0. The summed E-state index contributed by atoms with van der Waals surface area (Å²) in [5, 5.41) is 9.31. The number of hydrogen-bond donors (Lipinski definition) is 2. The van der Waals surface area contributed by atoms with Gasteiger partial charge in [-0.2, -0.15) is 0 Å². The molecule has 2 atom stereocenters. The Morgan fingerprint density at radius 2 is 1.95 bits per heavy atom. The van der Waals surface area contributed by atoms with Gasteiger partial charge in [-0.1, -0.05) is 20.3 Å². The zero-order valence-corrected chi connectivity index (χ0v) is 12.3. The predicted molar refractivity (Wildman–Crippen MR) is 76.0 cm³/mol. The third kappa shape index (κ3) is 3.29. The molecule has 4 nitrogen and oxygen atoms in total. The van der Waals surface area contributed by atoms with Crippen LogP contribution in [0, 0.1) is 11.3 Å². The monoisotopic (exact) mass is 268 g/mol. The molecule has 110 valence electrons. The van der Waals surface area contributed by atoms with E-state index in [1.54, 1.807) is 0 Å². The maximum Gasteiger partial charge on any atom is 0.323 e. The number of carboxylic acid groups (broad SMARTS) is 1. The highest BCUT2D eigenvalue weighted by atomic mass is 16.4. The largest absolute Gasteiger partial charge is 0.480 e. The molecular formula is C15H28N2O2. The Hall–Kier alpha value is -0.610. The summed E-state index contributed by atoms with van der Waals surface area (Å²) in [6, 6.07) is 0. The molecule has 19 heavy (non-hydrogen) atoms. The SMILES string of the molecule is CC1(C)CCN(CCC2CCCC2(N)C(=O)O)CC1. The molecule has 1 heterocycles. The van der Waals surface area contributed by atoms with Crippen LogP contribution in [-0.2, 0) is 4.79 Å². The molecule has 0 radical (unpaired) electrons. The Bertz CT molecular complexity index is 333. The number of nitrogens with two attached hydrogens (primary N) is 1. The van der Waals surface area contributed by atoms with E-state index in [0.29, 0.717) is 11.8 Å². The Balaban J connectivity index is 1.81. The molecule has 4 heteroatoms. The maximum absolute atomic E-state index is 11.3. The van der Waals surface area contributed by atoms with Crippen molar-refractivity contribution in [1.29, 1.82) is 0 Å². The van der Waals surface area contributed by atoms with Crippen LogP contribution in [-0.4, -0.2) is 41.1 Å². The number of piperidine rings is 1. The van der Waals surface area contributed by atoms with Crippen LogP contribution in [0.2, 0.25) is 0 Å². The molecule has 2 rings (SSSR count). The van der Waals surface area contributed by atoms with Crippen LogP contribution in [0.15, 0.2) is 0 Å². The number of hydrogen-bond acceptors (Lipinski definition) is 3. The molecule has 1 aliphatic heterocycles. The molecule has 0 bridgehead atoms. The Morgan fingerprint density at radius 3 is 2.53 bits per heavy atom. The highest BCUT2D eigenvalue weighted by Crippen LogP contribution is 2.37. The van der Waals surface area contributed by atoms with Gasteiger partial charge in [-0.25, -0.2) is 0 Å². The van der Waals surface area contributed by atoms with Gasteiger partial charge in [-0.3, -0.25) is 4.79 Å². The van der Waals surface area contributed by atoms with Crippen molar-refractivity contribution >= 4 is 5.97 Å². The molecule has 0 amide bonds. The van der Waals surface area contributed by atoms with E-state index in [0.717, 1.165) is 38.9 Å². The van der Waals surface area contributed by atoms with Crippen molar-refractivity contribution in [3.05, 3.63) is 0 Å². The van der Waals surface area contributed by atoms with Crippen LogP contribution in [0.4, 0.5) is 0 Å². The molecule has 1 aliphatic carbocycles. The van der Waals surface area contributed by atoms with Crippen molar-refractivity contribution in [3.63, 3.8) is 0 Å². The third-order valence-corrected chi connectivity index (χ3v) is 5.27. The summed E-state index contributed by atoms with van der Waals surface area (Å²) in [5.74, 6) is -0.658. The number of carboxylic acids is 1. The lowest BCUT2D eigenvalue weighted by Crippen LogP contribution is -2.51. The van der Waals surface area contributed by atoms with Crippen LogP contribution in [0.1, 0.15) is 52.4 Å². The molecule has 1 saturated carbocycles. The minimum absolute atomic E-state index is 0.153. The van der Waals surface area contributed by atoms with Gasteiger partial charge in [0.05, 0.1) is 0 Å². The average molecular weight is 268 g/mol. The van der Waals surface area contributed by atoms with E-state index in [4.69, 9.17) is 5.73 Å². The van der Waals surface area contributed by atoms with E-state index in [2.05, 4.69) is 18.7 Å². The van der Waals surface area contributed by atoms with E-state index in [1.165, 1.54) is 12.8 Å². The number of carbonyl (C=O) groups is 1. The number of aliphatic carboxylic acids is 1. The van der Waals surface area contributed by atoms with Gasteiger partial charge in [0.25, 0.3) is 0 Å². The molecular weight excluding hydrogens is 240 g/mol. The van der Waals surface area contributed by atoms with Gasteiger partial charge in [-0.15, -0.1) is 0 Å². The van der Waals surface area contributed by atoms with Crippen molar-refractivity contribution in [2.45, 2.75) is 57.9 Å². The first-order chi connectivity index (χ1) is 8.83. The first-order valence-electron chi connectivity index (χ1n) is 7.58. The molecule has 0 spiro atoms. The first kappa shape index (κ1) is 14.8. The van der Waals surface area contributed by atoms with Crippen molar-refractivity contribution in [2.75, 3.05) is 19.6 Å². The summed E-state index contributed by atoms with van der Waals surface area (Å²) in [4.78, 5) is 13.8. The summed E-state index contributed by atoms with van der Waals surface area (Å²) in [6.07, 6.45) is 5.99. The van der Waals surface area contributed by atoms with Gasteiger partial charge in [0.15, 0.2) is 0 Å². The van der Waals surface area contributed by atoms with Gasteiger partial charge in [0.2, 0.25) is 0 Å². The van der Waals surface area contributed by atoms with Crippen molar-refractivity contribution < 1.29 is 9.90 Å². The second-order valence-corrected chi connectivity index (χ2v) is 7.23. The van der Waals surface area contributed by atoms with Crippen LogP contribution in [0.3, 0.4) is 0 Å². The lowest BCUT2D eigenvalue weighted by atomic mass is 9.82. The minimum Gasteiger partial charge on any atom is -0.480 e. The molecule has 2 unspecified atom stereocenters. The molecule has 1 saturated heterocycles. The van der Waals surface area contributed by atoms with Crippen molar-refractivity contribution in [1.82, 2.24) is 4.90 Å². The van der Waals surface area contributed by atoms with Crippen molar-refractivity contribution in [3.8, 4) is 0 Å². The third-order valence-electron chi connectivity index (χ3n) is 5.27. The smallest absolute Gasteiger partial charge is 0.323 e. The Morgan fingerprint density at radius 1 is 1.32 bits per heavy atom. The second-order valence-electron chi connectivity index (χ2n) is 7.23. The molecule has 0 aromatic carbocycles. The normalized spacial score (nSPS) is 35.4. The fourth-order valence-electron chi connectivity index (χ4n) is 3.51. The molecule has 2 aliphatic rings. The standard InChI is InChI=1S/C15H28N2O2/c1-14(2)7-10-17(11-8-14)9-5-12-4-3-6-15(12,16)13(18)19/h12H,3-11,16H2,1-2H3,(H,18,19). The minimum atomic E-state index is -0.963. The van der Waals surface area contributed by atoms with Crippen LogP contribution >= 0.6 is 0 Å². The summed E-state index contributed by atoms with van der Waals surface area (Å²) >= 11 is 0. The average Bonchev–Trinajstić information content (AvgIpc) is 2.71. The van der Waals surface area contributed by atoms with E-state index >= 15 is 0 Å². The van der Waals surface area contributed by atoms with Gasteiger partial charge >= 0.3 is 5.97 Å².